The number of benzene rings is 6. The lowest BCUT2D eigenvalue weighted by molar-refractivity contribution is -0.0499. The lowest BCUT2D eigenvalue weighted by atomic mass is 9.93. The molecule has 6 aromatic rings. The van der Waals surface area contributed by atoms with Gasteiger partial charge in [-0.1, -0.05) is 144 Å². The topological polar surface area (TPSA) is 43.4 Å². The summed E-state index contributed by atoms with van der Waals surface area (Å²) in [6.45, 7) is 15.1. The summed E-state index contributed by atoms with van der Waals surface area (Å²) >= 11 is 0. The molecule has 0 heterocycles. The third-order valence-electron chi connectivity index (χ3n) is 8.63. The van der Waals surface area contributed by atoms with Crippen molar-refractivity contribution in [1.82, 2.24) is 0 Å². The van der Waals surface area contributed by atoms with Crippen molar-refractivity contribution in [1.29, 1.82) is 0 Å². The predicted octanol–water partition coefficient (Wildman–Crippen LogP) is 9.43. The molecule has 0 atom stereocenters. The highest BCUT2D eigenvalue weighted by Crippen LogP contribution is 2.47. The first kappa shape index (κ1) is 34.9. The number of hydrogen-bond donors (Lipinski definition) is 0. The number of alkyl halides is 3. The third-order valence-corrected chi connectivity index (χ3v) is 14.0. The maximum absolute atomic E-state index is 13.9. The molecular formula is C40H38F3O3PSSi. The van der Waals surface area contributed by atoms with Gasteiger partial charge in [-0.2, -0.15) is 21.6 Å². The Morgan fingerprint density at radius 3 is 1.61 bits per heavy atom. The van der Waals surface area contributed by atoms with E-state index < -0.39 is 31.6 Å². The van der Waals surface area contributed by atoms with Crippen molar-refractivity contribution in [3.63, 3.8) is 0 Å². The minimum atomic E-state index is -5.98. The first-order valence-electron chi connectivity index (χ1n) is 16.0. The van der Waals surface area contributed by atoms with Crippen LogP contribution in [0.2, 0.25) is 19.6 Å². The minimum Gasteiger partial charge on any atom is -0.375 e. The molecule has 0 radical (unpaired) electrons. The summed E-state index contributed by atoms with van der Waals surface area (Å²) in [5, 5.41) is 7.53. The molecule has 252 valence electrons. The van der Waals surface area contributed by atoms with Crippen LogP contribution in [0.1, 0.15) is 22.3 Å². The molecule has 49 heavy (non-hydrogen) atoms. The average molecular weight is 715 g/mol. The predicted molar refractivity (Wildman–Crippen MR) is 203 cm³/mol. The Morgan fingerprint density at radius 2 is 1.10 bits per heavy atom. The molecule has 0 amide bonds. The number of rotatable bonds is 7. The van der Waals surface area contributed by atoms with Crippen LogP contribution in [0.5, 0.6) is 5.75 Å². The fourth-order valence-corrected chi connectivity index (χ4v) is 11.8. The fourth-order valence-electron chi connectivity index (χ4n) is 6.75. The highest BCUT2D eigenvalue weighted by molar-refractivity contribution is 7.88. The molecule has 0 saturated carbocycles. The van der Waals surface area contributed by atoms with E-state index in [1.807, 2.05) is 42.5 Å². The molecule has 0 fully saturated rings. The van der Waals surface area contributed by atoms with Crippen LogP contribution < -0.4 is 25.3 Å². The Hall–Kier alpha value is -3.97. The molecule has 0 aliphatic carbocycles. The molecule has 0 spiro atoms. The van der Waals surface area contributed by atoms with Crippen LogP contribution in [-0.2, 0) is 10.1 Å². The van der Waals surface area contributed by atoms with Gasteiger partial charge in [-0.25, -0.2) is 0 Å². The molecule has 0 N–H and O–H groups in total. The van der Waals surface area contributed by atoms with E-state index in [0.717, 1.165) is 54.3 Å². The Balaban J connectivity index is 1.87. The zero-order valence-electron chi connectivity index (χ0n) is 28.5. The third kappa shape index (κ3) is 6.79. The van der Waals surface area contributed by atoms with Gasteiger partial charge in [0.25, 0.3) is 0 Å². The van der Waals surface area contributed by atoms with Gasteiger partial charge < -0.3 is 4.18 Å². The van der Waals surface area contributed by atoms with Crippen LogP contribution in [0, 0.1) is 27.7 Å². The quantitative estimate of drug-likeness (QED) is 0.0717. The van der Waals surface area contributed by atoms with Crippen LogP contribution in [0.25, 0.3) is 32.7 Å². The monoisotopic (exact) mass is 714 g/mol. The Labute approximate surface area is 288 Å². The molecule has 0 aromatic heterocycles. The minimum absolute atomic E-state index is 0.320. The number of hydrogen-bond acceptors (Lipinski definition) is 3. The van der Waals surface area contributed by atoms with E-state index >= 15 is 0 Å². The van der Waals surface area contributed by atoms with Crippen molar-refractivity contribution < 1.29 is 25.8 Å². The van der Waals surface area contributed by atoms with Gasteiger partial charge >= 0.3 is 15.6 Å². The molecule has 0 saturated heterocycles. The van der Waals surface area contributed by atoms with Gasteiger partial charge in [0.1, 0.15) is 0 Å². The molecule has 6 aromatic carbocycles. The fraction of sp³-hybridized carbons (Fsp3) is 0.200. The molecule has 0 unspecified atom stereocenters. The first-order valence-corrected chi connectivity index (χ1v) is 22.3. The van der Waals surface area contributed by atoms with E-state index in [4.69, 9.17) is 4.18 Å². The summed E-state index contributed by atoms with van der Waals surface area (Å²) in [6.07, 6.45) is 0. The summed E-state index contributed by atoms with van der Waals surface area (Å²) in [4.78, 5) is 0. The van der Waals surface area contributed by atoms with Crippen molar-refractivity contribution in [2.45, 2.75) is 52.8 Å². The summed E-state index contributed by atoms with van der Waals surface area (Å²) < 4.78 is 72.1. The van der Waals surface area contributed by atoms with Crippen LogP contribution >= 0.6 is 7.92 Å². The van der Waals surface area contributed by atoms with Gasteiger partial charge in [-0.15, -0.1) is 0 Å². The average Bonchev–Trinajstić information content (AvgIpc) is 2.99. The standard InChI is InChI=1S/C40H38F3O3PSSi/c1-25-18-26(2)21-30(20-25)47(31-22-27(3)19-28(4)23-31)36-24-37(49(5,6)7)33-14-10-11-15-34(33)39(36)38-32-13-9-8-12-29(32)16-17-35(38)46-48(44,45)40(41,42)43/h8-24H,1-7H3. The van der Waals surface area contributed by atoms with E-state index in [-0.39, 0.29) is 5.75 Å². The van der Waals surface area contributed by atoms with Crippen LogP contribution in [0.3, 0.4) is 0 Å². The van der Waals surface area contributed by atoms with Crippen LogP contribution in [0.15, 0.2) is 103 Å². The van der Waals surface area contributed by atoms with Gasteiger partial charge in [0.2, 0.25) is 0 Å². The van der Waals surface area contributed by atoms with E-state index in [2.05, 4.69) is 95.9 Å². The SMILES string of the molecule is Cc1cc(C)cc(P(c2cc(C)cc(C)c2)c2cc([Si](C)(C)C)c3ccccc3c2-c2c(OS(=O)(=O)C(F)(F)F)ccc3ccccc23)c1. The molecule has 6 rings (SSSR count). The van der Waals surface area contributed by atoms with E-state index in [9.17, 15) is 21.6 Å². The Morgan fingerprint density at radius 1 is 0.612 bits per heavy atom. The van der Waals surface area contributed by atoms with Crippen molar-refractivity contribution in [3.05, 3.63) is 125 Å². The van der Waals surface area contributed by atoms with Crippen molar-refractivity contribution in [2.24, 2.45) is 0 Å². The lowest BCUT2D eigenvalue weighted by Gasteiger charge is -2.30. The van der Waals surface area contributed by atoms with E-state index in [1.54, 1.807) is 6.07 Å². The zero-order valence-corrected chi connectivity index (χ0v) is 31.2. The summed E-state index contributed by atoms with van der Waals surface area (Å²) in [5.41, 5.74) is -0.204. The van der Waals surface area contributed by atoms with Crippen molar-refractivity contribution >= 4 is 68.8 Å². The van der Waals surface area contributed by atoms with Gasteiger partial charge in [-0.05, 0) is 79.1 Å². The normalized spacial score (nSPS) is 12.6. The molecule has 0 bridgehead atoms. The first-order chi connectivity index (χ1) is 22.9. The van der Waals surface area contributed by atoms with Crippen molar-refractivity contribution in [3.8, 4) is 16.9 Å². The maximum Gasteiger partial charge on any atom is 0.534 e. The lowest BCUT2D eigenvalue weighted by Crippen LogP contribution is -2.41. The second kappa shape index (κ2) is 12.7. The van der Waals surface area contributed by atoms with Crippen LogP contribution in [0.4, 0.5) is 13.2 Å². The molecule has 3 nitrogen and oxygen atoms in total. The van der Waals surface area contributed by atoms with Gasteiger partial charge in [0.15, 0.2) is 5.75 Å². The molecule has 0 aliphatic heterocycles. The maximum atomic E-state index is 13.9. The van der Waals surface area contributed by atoms with Gasteiger partial charge in [-0.3, -0.25) is 0 Å². The molecule has 9 heteroatoms. The highest BCUT2D eigenvalue weighted by atomic mass is 32.2. The summed E-state index contributed by atoms with van der Waals surface area (Å²) in [5.74, 6) is -0.362. The summed E-state index contributed by atoms with van der Waals surface area (Å²) in [7, 11) is -9.34. The largest absolute Gasteiger partial charge is 0.534 e. The van der Waals surface area contributed by atoms with Crippen molar-refractivity contribution in [2.75, 3.05) is 0 Å². The highest BCUT2D eigenvalue weighted by Gasteiger charge is 2.49. The van der Waals surface area contributed by atoms with Crippen LogP contribution in [-0.4, -0.2) is 22.0 Å². The van der Waals surface area contributed by atoms with Gasteiger partial charge in [0.05, 0.1) is 8.07 Å². The molecular weight excluding hydrogens is 677 g/mol. The number of aryl methyl sites for hydroxylation is 4. The summed E-state index contributed by atoms with van der Waals surface area (Å²) in [6, 6.07) is 33.6. The molecule has 0 aliphatic rings. The second-order valence-electron chi connectivity index (χ2n) is 13.8. The van der Waals surface area contributed by atoms with E-state index in [1.165, 1.54) is 11.3 Å². The second-order valence-corrected chi connectivity index (χ2v) is 22.5. The van der Waals surface area contributed by atoms with E-state index in [0.29, 0.717) is 16.5 Å². The number of halogens is 3. The number of fused-ring (bicyclic) bond motifs is 2. The zero-order chi connectivity index (χ0) is 35.5. The Bertz CT molecular complexity index is 2270. The smallest absolute Gasteiger partial charge is 0.375 e. The van der Waals surface area contributed by atoms with Gasteiger partial charge in [0, 0.05) is 11.1 Å². The Kier molecular flexibility index (Phi) is 9.06.